The molecule has 0 aliphatic carbocycles. The van der Waals surface area contributed by atoms with Crippen molar-refractivity contribution in [1.29, 1.82) is 5.26 Å². The third kappa shape index (κ3) is 2.40. The second kappa shape index (κ2) is 4.75. The zero-order valence-corrected chi connectivity index (χ0v) is 10.1. The average Bonchev–Trinajstić information content (AvgIpc) is 2.97. The van der Waals surface area contributed by atoms with Crippen LogP contribution in [-0.4, -0.2) is 20.9 Å². The smallest absolute Gasteiger partial charge is 0.268 e. The van der Waals surface area contributed by atoms with Crippen molar-refractivity contribution < 1.29 is 4.79 Å². The maximum atomic E-state index is 11.9. The molecule has 0 aliphatic heterocycles. The lowest BCUT2D eigenvalue weighted by Gasteiger charge is -2.10. The predicted octanol–water partition coefficient (Wildman–Crippen LogP) is 1.41. The van der Waals surface area contributed by atoms with Crippen molar-refractivity contribution in [2.45, 2.75) is 19.9 Å². The molecule has 0 saturated heterocycles. The lowest BCUT2D eigenvalue weighted by Crippen LogP contribution is -2.27. The summed E-state index contributed by atoms with van der Waals surface area (Å²) in [6.45, 7) is 3.74. The molecule has 2 rings (SSSR count). The maximum Gasteiger partial charge on any atom is 0.268 e. The first-order valence-corrected chi connectivity index (χ1v) is 5.51. The fourth-order valence-electron chi connectivity index (χ4n) is 1.59. The molecule has 6 nitrogen and oxygen atoms in total. The van der Waals surface area contributed by atoms with E-state index >= 15 is 0 Å². The van der Waals surface area contributed by atoms with E-state index < -0.39 is 0 Å². The Hall–Kier alpha value is -2.55. The number of nitrogens with one attached hydrogen (secondary N) is 3. The molecule has 1 unspecified atom stereocenters. The van der Waals surface area contributed by atoms with E-state index in [-0.39, 0.29) is 11.9 Å². The van der Waals surface area contributed by atoms with Crippen LogP contribution in [0.25, 0.3) is 0 Å². The van der Waals surface area contributed by atoms with Crippen LogP contribution in [0, 0.1) is 18.3 Å². The van der Waals surface area contributed by atoms with Gasteiger partial charge in [-0.2, -0.15) is 5.26 Å². The van der Waals surface area contributed by atoms with E-state index in [0.29, 0.717) is 17.1 Å². The zero-order chi connectivity index (χ0) is 13.1. The highest BCUT2D eigenvalue weighted by Crippen LogP contribution is 2.09. The Morgan fingerprint density at radius 3 is 2.94 bits per heavy atom. The number of aryl methyl sites for hydroxylation is 1. The average molecular weight is 243 g/mol. The molecular formula is C12H13N5O. The standard InChI is InChI=1S/C12H13N5O/c1-7-5-15-11(16-7)8(2)17-12(18)10-3-9(4-13)6-14-10/h3,5-6,8,14H,1-2H3,(H,15,16)(H,17,18). The van der Waals surface area contributed by atoms with Crippen LogP contribution in [-0.2, 0) is 0 Å². The molecule has 1 amide bonds. The van der Waals surface area contributed by atoms with Crippen molar-refractivity contribution >= 4 is 5.91 Å². The van der Waals surface area contributed by atoms with Gasteiger partial charge in [0.05, 0.1) is 11.6 Å². The largest absolute Gasteiger partial charge is 0.356 e. The SMILES string of the molecule is Cc1cnc(C(C)NC(=O)c2cc(C#N)c[nH]2)[nH]1. The Kier molecular flexibility index (Phi) is 3.15. The molecule has 3 N–H and O–H groups in total. The van der Waals surface area contributed by atoms with Gasteiger partial charge in [0, 0.05) is 18.1 Å². The number of H-pyrrole nitrogens is 2. The molecular weight excluding hydrogens is 230 g/mol. The number of imidazole rings is 1. The van der Waals surface area contributed by atoms with Gasteiger partial charge in [0.2, 0.25) is 0 Å². The molecule has 0 saturated carbocycles. The molecule has 0 bridgehead atoms. The minimum atomic E-state index is -0.266. The number of nitriles is 1. The van der Waals surface area contributed by atoms with E-state index in [1.807, 2.05) is 19.9 Å². The summed E-state index contributed by atoms with van der Waals surface area (Å²) >= 11 is 0. The molecule has 92 valence electrons. The van der Waals surface area contributed by atoms with E-state index in [0.717, 1.165) is 5.69 Å². The van der Waals surface area contributed by atoms with Crippen molar-refractivity contribution in [3.8, 4) is 6.07 Å². The summed E-state index contributed by atoms with van der Waals surface area (Å²) in [5.74, 6) is 0.436. The second-order valence-corrected chi connectivity index (χ2v) is 4.06. The summed E-state index contributed by atoms with van der Waals surface area (Å²) in [7, 11) is 0. The van der Waals surface area contributed by atoms with Crippen molar-refractivity contribution in [2.75, 3.05) is 0 Å². The van der Waals surface area contributed by atoms with Gasteiger partial charge >= 0.3 is 0 Å². The Bertz CT molecular complexity index is 604. The fourth-order valence-corrected chi connectivity index (χ4v) is 1.59. The van der Waals surface area contributed by atoms with E-state index in [9.17, 15) is 4.79 Å². The van der Waals surface area contributed by atoms with E-state index in [1.165, 1.54) is 12.3 Å². The van der Waals surface area contributed by atoms with Crippen molar-refractivity contribution in [1.82, 2.24) is 20.3 Å². The van der Waals surface area contributed by atoms with Crippen LogP contribution in [0.15, 0.2) is 18.5 Å². The number of aromatic nitrogens is 3. The quantitative estimate of drug-likeness (QED) is 0.760. The molecule has 2 aromatic rings. The predicted molar refractivity (Wildman–Crippen MR) is 64.7 cm³/mol. The number of rotatable bonds is 3. The lowest BCUT2D eigenvalue weighted by molar-refractivity contribution is 0.0934. The summed E-state index contributed by atoms with van der Waals surface area (Å²) in [4.78, 5) is 21.8. The number of hydrogen-bond acceptors (Lipinski definition) is 3. The summed E-state index contributed by atoms with van der Waals surface area (Å²) in [5.41, 5.74) is 1.74. The highest BCUT2D eigenvalue weighted by atomic mass is 16.1. The summed E-state index contributed by atoms with van der Waals surface area (Å²) in [6.07, 6.45) is 3.21. The Labute approximate surface area is 104 Å². The molecule has 2 aromatic heterocycles. The van der Waals surface area contributed by atoms with Crippen LogP contribution in [0.3, 0.4) is 0 Å². The second-order valence-electron chi connectivity index (χ2n) is 4.06. The van der Waals surface area contributed by atoms with Crippen LogP contribution >= 0.6 is 0 Å². The van der Waals surface area contributed by atoms with Crippen molar-refractivity contribution in [3.63, 3.8) is 0 Å². The molecule has 1 atom stereocenters. The van der Waals surface area contributed by atoms with Gasteiger partial charge in [0.15, 0.2) is 0 Å². The number of hydrogen-bond donors (Lipinski definition) is 3. The van der Waals surface area contributed by atoms with Gasteiger partial charge in [-0.05, 0) is 19.9 Å². The highest BCUT2D eigenvalue weighted by molar-refractivity contribution is 5.93. The fraction of sp³-hybridized carbons (Fsp3) is 0.250. The lowest BCUT2D eigenvalue weighted by atomic mass is 10.3. The van der Waals surface area contributed by atoms with Gasteiger partial charge in [0.1, 0.15) is 17.6 Å². The number of aromatic amines is 2. The molecule has 0 aliphatic rings. The molecule has 0 fully saturated rings. The van der Waals surface area contributed by atoms with Gasteiger partial charge in [-0.15, -0.1) is 0 Å². The number of nitrogens with zero attached hydrogens (tertiary/aromatic N) is 2. The topological polar surface area (TPSA) is 97.4 Å². The summed E-state index contributed by atoms with van der Waals surface area (Å²) in [5, 5.41) is 11.5. The van der Waals surface area contributed by atoms with Gasteiger partial charge in [-0.1, -0.05) is 0 Å². The summed E-state index contributed by atoms with van der Waals surface area (Å²) < 4.78 is 0. The van der Waals surface area contributed by atoms with E-state index in [4.69, 9.17) is 5.26 Å². The van der Waals surface area contributed by atoms with Gasteiger partial charge < -0.3 is 15.3 Å². The molecule has 0 aromatic carbocycles. The van der Waals surface area contributed by atoms with Crippen LogP contribution < -0.4 is 5.32 Å². The first kappa shape index (κ1) is 11.9. The summed E-state index contributed by atoms with van der Waals surface area (Å²) in [6, 6.07) is 3.25. The number of carbonyl (C=O) groups excluding carboxylic acids is 1. The zero-order valence-electron chi connectivity index (χ0n) is 10.1. The molecule has 2 heterocycles. The first-order chi connectivity index (χ1) is 8.60. The van der Waals surface area contributed by atoms with Crippen molar-refractivity contribution in [2.24, 2.45) is 0 Å². The molecule has 0 radical (unpaired) electrons. The Balaban J connectivity index is 2.05. The molecule has 0 spiro atoms. The number of amides is 1. The van der Waals surface area contributed by atoms with Crippen molar-refractivity contribution in [3.05, 3.63) is 41.2 Å². The van der Waals surface area contributed by atoms with Crippen LogP contribution in [0.5, 0.6) is 0 Å². The molecule has 6 heteroatoms. The third-order valence-electron chi connectivity index (χ3n) is 2.54. The van der Waals surface area contributed by atoms with Crippen LogP contribution in [0.2, 0.25) is 0 Å². The minimum absolute atomic E-state index is 0.222. The maximum absolute atomic E-state index is 11.9. The molecule has 18 heavy (non-hydrogen) atoms. The monoisotopic (exact) mass is 243 g/mol. The first-order valence-electron chi connectivity index (χ1n) is 5.51. The van der Waals surface area contributed by atoms with E-state index in [2.05, 4.69) is 20.3 Å². The minimum Gasteiger partial charge on any atom is -0.356 e. The highest BCUT2D eigenvalue weighted by Gasteiger charge is 2.14. The van der Waals surface area contributed by atoms with E-state index in [1.54, 1.807) is 6.20 Å². The van der Waals surface area contributed by atoms with Crippen LogP contribution in [0.1, 0.15) is 40.5 Å². The number of carbonyl (C=O) groups is 1. The van der Waals surface area contributed by atoms with Crippen LogP contribution in [0.4, 0.5) is 0 Å². The Morgan fingerprint density at radius 2 is 2.39 bits per heavy atom. The third-order valence-corrected chi connectivity index (χ3v) is 2.54. The Morgan fingerprint density at radius 1 is 1.61 bits per heavy atom. The van der Waals surface area contributed by atoms with Gasteiger partial charge in [-0.3, -0.25) is 4.79 Å². The normalized spacial score (nSPS) is 11.8. The van der Waals surface area contributed by atoms with Gasteiger partial charge in [-0.25, -0.2) is 4.98 Å². The van der Waals surface area contributed by atoms with Gasteiger partial charge in [0.25, 0.3) is 5.91 Å².